The summed E-state index contributed by atoms with van der Waals surface area (Å²) in [4.78, 5) is 12.1. The third kappa shape index (κ3) is 4.30. The van der Waals surface area contributed by atoms with Crippen LogP contribution in [0.2, 0.25) is 0 Å². The zero-order valence-electron chi connectivity index (χ0n) is 13.3. The van der Waals surface area contributed by atoms with E-state index in [2.05, 4.69) is 10.9 Å². The van der Waals surface area contributed by atoms with E-state index in [-0.39, 0.29) is 17.7 Å². The number of carbonyl (C=O) groups is 1. The van der Waals surface area contributed by atoms with Gasteiger partial charge < -0.3 is 4.74 Å². The number of methoxy groups -OCH3 is 1. The van der Waals surface area contributed by atoms with Crippen LogP contribution in [0.5, 0.6) is 5.75 Å². The molecule has 0 spiro atoms. The number of amides is 1. The predicted molar refractivity (Wildman–Crippen MR) is 85.4 cm³/mol. The first-order valence-corrected chi connectivity index (χ1v) is 7.18. The number of hydrazine groups is 1. The number of carbonyl (C=O) groups excluding carboxylic acids is 1. The first-order valence-electron chi connectivity index (χ1n) is 7.18. The minimum absolute atomic E-state index is 0.168. The summed E-state index contributed by atoms with van der Waals surface area (Å²) < 4.78 is 20.1. The molecule has 2 N–H and O–H groups in total. The molecule has 1 unspecified atom stereocenters. The zero-order chi connectivity index (χ0) is 17.5. The molecule has 0 saturated carbocycles. The van der Waals surface area contributed by atoms with Crippen molar-refractivity contribution in [3.05, 3.63) is 59.7 Å². The minimum atomic E-state index is -0.462. The van der Waals surface area contributed by atoms with Gasteiger partial charge in [0.1, 0.15) is 18.4 Å². The van der Waals surface area contributed by atoms with Crippen molar-refractivity contribution in [2.45, 2.75) is 13.0 Å². The lowest BCUT2D eigenvalue weighted by molar-refractivity contribution is -0.527. The van der Waals surface area contributed by atoms with Crippen LogP contribution in [0.15, 0.2) is 42.7 Å². The number of nitrogens with one attached hydrogen (secondary N) is 2. The molecular formula is C16H16BFN4O2+. The number of ether oxygens (including phenoxy) is 1. The Morgan fingerprint density at radius 1 is 1.38 bits per heavy atom. The van der Waals surface area contributed by atoms with Crippen LogP contribution in [0.3, 0.4) is 0 Å². The predicted octanol–water partition coefficient (Wildman–Crippen LogP) is 1.07. The van der Waals surface area contributed by atoms with Crippen LogP contribution in [0.4, 0.5) is 4.39 Å². The first-order chi connectivity index (χ1) is 11.5. The van der Waals surface area contributed by atoms with Crippen LogP contribution >= 0.6 is 0 Å². The maximum Gasteiger partial charge on any atom is 0.671 e. The smallest absolute Gasteiger partial charge is 0.494 e. The Hall–Kier alpha value is -2.92. The summed E-state index contributed by atoms with van der Waals surface area (Å²) in [7, 11) is 2.71. The molecule has 0 saturated heterocycles. The van der Waals surface area contributed by atoms with Crippen molar-refractivity contribution < 1.29 is 18.4 Å². The molecule has 8 heteroatoms. The summed E-state index contributed by atoms with van der Waals surface area (Å²) in [5.41, 5.74) is 6.50. The SMILES string of the molecule is COc1ccc(C(C)NNC(=O)c2cc[n+]([B]C#N)cc2)cc1F. The molecular weight excluding hydrogens is 310 g/mol. The van der Waals surface area contributed by atoms with Crippen molar-refractivity contribution in [3.63, 3.8) is 0 Å². The van der Waals surface area contributed by atoms with Gasteiger partial charge in [0.15, 0.2) is 11.6 Å². The Kier molecular flexibility index (Phi) is 5.87. The van der Waals surface area contributed by atoms with Gasteiger partial charge in [0.05, 0.1) is 12.7 Å². The third-order valence-corrected chi connectivity index (χ3v) is 3.40. The summed E-state index contributed by atoms with van der Waals surface area (Å²) in [5.74, 6) is 1.26. The van der Waals surface area contributed by atoms with Gasteiger partial charge in [-0.1, -0.05) is 6.07 Å². The number of hydrogen-bond acceptors (Lipinski definition) is 4. The van der Waals surface area contributed by atoms with Gasteiger partial charge in [-0.25, -0.2) is 15.1 Å². The average molecular weight is 326 g/mol. The van der Waals surface area contributed by atoms with Crippen LogP contribution in [-0.2, 0) is 0 Å². The number of halogens is 1. The van der Waals surface area contributed by atoms with Crippen molar-refractivity contribution >= 4 is 13.3 Å². The topological polar surface area (TPSA) is 78.0 Å². The lowest BCUT2D eigenvalue weighted by Gasteiger charge is -2.16. The summed E-state index contributed by atoms with van der Waals surface area (Å²) >= 11 is 0. The molecule has 1 atom stereocenters. The Morgan fingerprint density at radius 3 is 2.67 bits per heavy atom. The molecule has 2 rings (SSSR count). The van der Waals surface area contributed by atoms with Crippen LogP contribution in [0.1, 0.15) is 28.9 Å². The molecule has 6 nitrogen and oxygen atoms in total. The molecule has 1 heterocycles. The number of nitrogens with zero attached hydrogens (tertiary/aromatic N) is 2. The second kappa shape index (κ2) is 8.08. The Bertz CT molecular complexity index is 762. The van der Waals surface area contributed by atoms with Crippen LogP contribution in [0.25, 0.3) is 0 Å². The number of benzene rings is 1. The van der Waals surface area contributed by atoms with Gasteiger partial charge in [0.2, 0.25) is 0 Å². The van der Waals surface area contributed by atoms with Crippen LogP contribution in [0, 0.1) is 17.0 Å². The Balaban J connectivity index is 1.95. The van der Waals surface area contributed by atoms with Gasteiger partial charge in [-0.2, -0.15) is 0 Å². The van der Waals surface area contributed by atoms with Crippen LogP contribution < -0.4 is 20.1 Å². The molecule has 2 aromatic rings. The highest BCUT2D eigenvalue weighted by molar-refractivity contribution is 6.35. The standard InChI is InChI=1S/C16H16BFN4O2/c1-11(13-3-4-15(24-2)14(18)9-13)20-21-16(23)12-5-7-22(8-6-12)17-10-19/h3-9,11,20H,1-2H3,(H,21,23)/q+1. The van der Waals surface area contributed by atoms with Gasteiger partial charge in [0.25, 0.3) is 5.91 Å². The van der Waals surface area contributed by atoms with Crippen molar-refractivity contribution in [1.29, 1.82) is 5.26 Å². The normalized spacial score (nSPS) is 11.2. The van der Waals surface area contributed by atoms with Crippen molar-refractivity contribution in [2.24, 2.45) is 0 Å². The fourth-order valence-corrected chi connectivity index (χ4v) is 2.02. The molecule has 0 bridgehead atoms. The van der Waals surface area contributed by atoms with Gasteiger partial charge >= 0.3 is 7.41 Å². The van der Waals surface area contributed by atoms with Gasteiger partial charge in [-0.05, 0) is 24.6 Å². The molecule has 0 aliphatic rings. The molecule has 0 fully saturated rings. The van der Waals surface area contributed by atoms with Crippen molar-refractivity contribution in [3.8, 4) is 11.7 Å². The molecule has 121 valence electrons. The Labute approximate surface area is 140 Å². The minimum Gasteiger partial charge on any atom is -0.494 e. The first kappa shape index (κ1) is 17.4. The lowest BCUT2D eigenvalue weighted by atomic mass is 9.98. The number of aromatic nitrogens is 1. The molecule has 0 aliphatic carbocycles. The number of rotatable bonds is 6. The van der Waals surface area contributed by atoms with Crippen molar-refractivity contribution in [1.82, 2.24) is 10.9 Å². The van der Waals surface area contributed by atoms with Crippen LogP contribution in [-0.4, -0.2) is 20.4 Å². The second-order valence-corrected chi connectivity index (χ2v) is 5.01. The largest absolute Gasteiger partial charge is 0.671 e. The van der Waals surface area contributed by atoms with E-state index in [1.807, 2.05) is 5.97 Å². The van der Waals surface area contributed by atoms with Gasteiger partial charge in [0, 0.05) is 18.2 Å². The highest BCUT2D eigenvalue weighted by atomic mass is 19.1. The molecule has 1 amide bonds. The highest BCUT2D eigenvalue weighted by Gasteiger charge is 2.13. The molecule has 1 aromatic heterocycles. The lowest BCUT2D eigenvalue weighted by Crippen LogP contribution is -2.41. The number of pyridine rings is 1. The Morgan fingerprint density at radius 2 is 2.08 bits per heavy atom. The zero-order valence-corrected chi connectivity index (χ0v) is 13.3. The van der Waals surface area contributed by atoms with E-state index in [1.54, 1.807) is 37.5 Å². The monoisotopic (exact) mass is 326 g/mol. The van der Waals surface area contributed by atoms with Gasteiger partial charge in [-0.15, -0.1) is 0 Å². The quantitative estimate of drug-likeness (QED) is 0.615. The maximum atomic E-state index is 13.7. The van der Waals surface area contributed by atoms with Gasteiger partial charge in [-0.3, -0.25) is 14.7 Å². The molecule has 1 radical (unpaired) electrons. The van der Waals surface area contributed by atoms with E-state index >= 15 is 0 Å². The fourth-order valence-electron chi connectivity index (χ4n) is 2.02. The fraction of sp³-hybridized carbons (Fsp3) is 0.188. The van der Waals surface area contributed by atoms with Crippen molar-refractivity contribution in [2.75, 3.05) is 7.11 Å². The highest BCUT2D eigenvalue weighted by Crippen LogP contribution is 2.21. The summed E-state index contributed by atoms with van der Waals surface area (Å²) in [6.45, 7) is 1.79. The second-order valence-electron chi connectivity index (χ2n) is 5.01. The molecule has 24 heavy (non-hydrogen) atoms. The van der Waals surface area contributed by atoms with E-state index in [0.29, 0.717) is 11.1 Å². The summed E-state index contributed by atoms with van der Waals surface area (Å²) in [6.07, 6.45) is 3.20. The number of hydrogen-bond donors (Lipinski definition) is 2. The third-order valence-electron chi connectivity index (χ3n) is 3.40. The average Bonchev–Trinajstić information content (AvgIpc) is 2.60. The number of nitriles is 1. The van der Waals surface area contributed by atoms with E-state index < -0.39 is 5.82 Å². The summed E-state index contributed by atoms with van der Waals surface area (Å²) in [6, 6.07) is 7.48. The van der Waals surface area contributed by atoms with E-state index in [0.717, 1.165) is 0 Å². The maximum absolute atomic E-state index is 13.7. The van der Waals surface area contributed by atoms with E-state index in [4.69, 9.17) is 10.00 Å². The summed E-state index contributed by atoms with van der Waals surface area (Å²) in [5, 5.41) is 8.55. The van der Waals surface area contributed by atoms with E-state index in [1.165, 1.54) is 31.1 Å². The van der Waals surface area contributed by atoms with E-state index in [9.17, 15) is 9.18 Å². The molecule has 1 aromatic carbocycles. The molecule has 0 aliphatic heterocycles.